The van der Waals surface area contributed by atoms with Gasteiger partial charge in [-0.25, -0.2) is 0 Å². The lowest BCUT2D eigenvalue weighted by molar-refractivity contribution is 0.0301. The van der Waals surface area contributed by atoms with E-state index in [0.29, 0.717) is 56.1 Å². The lowest BCUT2D eigenvalue weighted by atomic mass is 9.91. The van der Waals surface area contributed by atoms with E-state index in [1.165, 1.54) is 0 Å². The molecule has 30 heavy (non-hydrogen) atoms. The maximum Gasteiger partial charge on any atom is 0.257 e. The number of nitrogens with zero attached hydrogens (tertiary/aromatic N) is 3. The molecule has 2 aliphatic rings. The molecule has 1 N–H and O–H groups in total. The first-order chi connectivity index (χ1) is 14.7. The van der Waals surface area contributed by atoms with Gasteiger partial charge >= 0.3 is 0 Å². The summed E-state index contributed by atoms with van der Waals surface area (Å²) in [6.45, 7) is 3.53. The van der Waals surface area contributed by atoms with Gasteiger partial charge in [0.15, 0.2) is 0 Å². The Labute approximate surface area is 173 Å². The molecule has 156 valence electrons. The molecule has 0 radical (unpaired) electrons. The van der Waals surface area contributed by atoms with Gasteiger partial charge in [0.2, 0.25) is 0 Å². The van der Waals surface area contributed by atoms with Crippen molar-refractivity contribution in [2.45, 2.75) is 18.8 Å². The van der Waals surface area contributed by atoms with Crippen molar-refractivity contribution in [2.75, 3.05) is 39.4 Å². The third-order valence-corrected chi connectivity index (χ3v) is 6.03. The van der Waals surface area contributed by atoms with Crippen LogP contribution in [-0.2, 0) is 4.74 Å². The van der Waals surface area contributed by atoms with Crippen LogP contribution in [-0.4, -0.2) is 71.2 Å². The Morgan fingerprint density at radius 3 is 2.70 bits per heavy atom. The highest BCUT2D eigenvalue weighted by Crippen LogP contribution is 2.30. The summed E-state index contributed by atoms with van der Waals surface area (Å²) in [5.41, 5.74) is 2.72. The molecule has 1 aromatic carbocycles. The Morgan fingerprint density at radius 1 is 1.03 bits per heavy atom. The molecular formula is C22H24N4O4. The predicted octanol–water partition coefficient (Wildman–Crippen LogP) is 2.65. The molecule has 2 aliphatic heterocycles. The predicted molar refractivity (Wildman–Crippen MR) is 109 cm³/mol. The monoisotopic (exact) mass is 408 g/mol. The maximum absolute atomic E-state index is 13.2. The van der Waals surface area contributed by atoms with Crippen molar-refractivity contribution in [3.8, 4) is 0 Å². The highest BCUT2D eigenvalue weighted by atomic mass is 16.5. The van der Waals surface area contributed by atoms with Gasteiger partial charge in [0.1, 0.15) is 11.8 Å². The maximum atomic E-state index is 13.2. The van der Waals surface area contributed by atoms with Gasteiger partial charge in [-0.15, -0.1) is 0 Å². The van der Waals surface area contributed by atoms with Crippen molar-refractivity contribution in [2.24, 2.45) is 0 Å². The van der Waals surface area contributed by atoms with Gasteiger partial charge in [0, 0.05) is 37.5 Å². The van der Waals surface area contributed by atoms with Crippen molar-refractivity contribution in [3.05, 3.63) is 53.5 Å². The van der Waals surface area contributed by atoms with Crippen LogP contribution in [0.15, 0.2) is 41.1 Å². The Bertz CT molecular complexity index is 1070. The molecule has 2 amide bonds. The summed E-state index contributed by atoms with van der Waals surface area (Å²) in [6, 6.07) is 7.56. The largest absolute Gasteiger partial charge is 0.463 e. The summed E-state index contributed by atoms with van der Waals surface area (Å²) < 4.78 is 10.9. The number of furan rings is 1. The lowest BCUT2D eigenvalue weighted by Crippen LogP contribution is -2.42. The van der Waals surface area contributed by atoms with Gasteiger partial charge in [-0.2, -0.15) is 5.10 Å². The number of aromatic nitrogens is 2. The van der Waals surface area contributed by atoms with Crippen LogP contribution in [0.5, 0.6) is 0 Å². The SMILES string of the molecule is O=C(c1cn[nH]c1C1CCCN(C(=O)c2coc3ccccc23)C1)N1CCOCC1. The van der Waals surface area contributed by atoms with Gasteiger partial charge in [0.05, 0.1) is 36.2 Å². The fourth-order valence-electron chi connectivity index (χ4n) is 4.43. The number of H-pyrrole nitrogens is 1. The second-order valence-corrected chi connectivity index (χ2v) is 7.84. The molecule has 0 saturated carbocycles. The number of rotatable bonds is 3. The zero-order valence-corrected chi connectivity index (χ0v) is 16.7. The Morgan fingerprint density at radius 2 is 1.83 bits per heavy atom. The van der Waals surface area contributed by atoms with Gasteiger partial charge in [0.25, 0.3) is 11.8 Å². The van der Waals surface area contributed by atoms with Gasteiger partial charge < -0.3 is 19.0 Å². The number of ether oxygens (including phenoxy) is 1. The van der Waals surface area contributed by atoms with Crippen LogP contribution in [0.1, 0.15) is 45.2 Å². The van der Waals surface area contributed by atoms with Crippen molar-refractivity contribution in [1.29, 1.82) is 0 Å². The number of para-hydroxylation sites is 1. The normalized spacial score (nSPS) is 19.9. The Hall–Kier alpha value is -3.13. The fourth-order valence-corrected chi connectivity index (χ4v) is 4.43. The number of hydrogen-bond donors (Lipinski definition) is 1. The summed E-state index contributed by atoms with van der Waals surface area (Å²) in [6.07, 6.45) is 4.93. The van der Waals surface area contributed by atoms with Crippen LogP contribution in [0.4, 0.5) is 0 Å². The number of hydrogen-bond acceptors (Lipinski definition) is 5. The molecule has 2 fully saturated rings. The zero-order chi connectivity index (χ0) is 20.5. The summed E-state index contributed by atoms with van der Waals surface area (Å²) in [7, 11) is 0. The van der Waals surface area contributed by atoms with Crippen LogP contribution in [0.25, 0.3) is 11.0 Å². The van der Waals surface area contributed by atoms with E-state index in [2.05, 4.69) is 10.2 Å². The number of morpholine rings is 1. The number of nitrogens with one attached hydrogen (secondary N) is 1. The van der Waals surface area contributed by atoms with Gasteiger partial charge in [-0.1, -0.05) is 18.2 Å². The van der Waals surface area contributed by atoms with E-state index in [-0.39, 0.29) is 17.7 Å². The molecular weight excluding hydrogens is 384 g/mol. The van der Waals surface area contributed by atoms with E-state index in [9.17, 15) is 9.59 Å². The first-order valence-corrected chi connectivity index (χ1v) is 10.4. The van der Waals surface area contributed by atoms with Crippen LogP contribution in [0, 0.1) is 0 Å². The van der Waals surface area contributed by atoms with Crippen LogP contribution >= 0.6 is 0 Å². The summed E-state index contributed by atoms with van der Waals surface area (Å²) in [5, 5.41) is 8.01. The lowest BCUT2D eigenvalue weighted by Gasteiger charge is -2.33. The number of benzene rings is 1. The average Bonchev–Trinajstić information content (AvgIpc) is 3.46. The molecule has 0 bridgehead atoms. The summed E-state index contributed by atoms with van der Waals surface area (Å²) in [5.74, 6) is -0.0140. The minimum Gasteiger partial charge on any atom is -0.463 e. The standard InChI is InChI=1S/C22H24N4O4/c27-21(25-8-10-29-11-9-25)17-12-23-24-20(17)15-4-3-7-26(13-15)22(28)18-14-30-19-6-2-1-5-16(18)19/h1-2,5-6,12,14-15H,3-4,7-11,13H2,(H,23,24). The van der Waals surface area contributed by atoms with Crippen molar-refractivity contribution >= 4 is 22.8 Å². The van der Waals surface area contributed by atoms with E-state index >= 15 is 0 Å². The Kier molecular flexibility index (Phi) is 5.00. The van der Waals surface area contributed by atoms with Gasteiger partial charge in [-0.3, -0.25) is 14.7 Å². The summed E-state index contributed by atoms with van der Waals surface area (Å²) in [4.78, 5) is 29.9. The number of fused-ring (bicyclic) bond motifs is 1. The van der Waals surface area contributed by atoms with E-state index < -0.39 is 0 Å². The molecule has 0 spiro atoms. The van der Waals surface area contributed by atoms with Crippen LogP contribution in [0.3, 0.4) is 0 Å². The number of amides is 2. The fraction of sp³-hybridized carbons (Fsp3) is 0.409. The molecule has 4 heterocycles. The first-order valence-electron chi connectivity index (χ1n) is 10.4. The number of aromatic amines is 1. The van der Waals surface area contributed by atoms with Crippen LogP contribution in [0.2, 0.25) is 0 Å². The molecule has 5 rings (SSSR count). The van der Waals surface area contributed by atoms with E-state index in [1.54, 1.807) is 17.4 Å². The topological polar surface area (TPSA) is 91.7 Å². The molecule has 1 atom stereocenters. The quantitative estimate of drug-likeness (QED) is 0.719. The molecule has 2 saturated heterocycles. The minimum atomic E-state index is -0.0368. The number of carbonyl (C=O) groups excluding carboxylic acids is 2. The number of carbonyl (C=O) groups is 2. The summed E-state index contributed by atoms with van der Waals surface area (Å²) >= 11 is 0. The van der Waals surface area contributed by atoms with Crippen molar-refractivity contribution in [3.63, 3.8) is 0 Å². The molecule has 1 unspecified atom stereocenters. The molecule has 3 aromatic rings. The second-order valence-electron chi connectivity index (χ2n) is 7.84. The molecule has 0 aliphatic carbocycles. The van der Waals surface area contributed by atoms with Crippen molar-refractivity contribution in [1.82, 2.24) is 20.0 Å². The highest BCUT2D eigenvalue weighted by molar-refractivity contribution is 6.06. The molecule has 8 heteroatoms. The average molecular weight is 408 g/mol. The third kappa shape index (κ3) is 3.37. The van der Waals surface area contributed by atoms with Gasteiger partial charge in [-0.05, 0) is 18.9 Å². The van der Waals surface area contributed by atoms with E-state index in [0.717, 1.165) is 23.9 Å². The Balaban J connectivity index is 1.35. The van der Waals surface area contributed by atoms with E-state index in [1.807, 2.05) is 29.2 Å². The molecule has 8 nitrogen and oxygen atoms in total. The zero-order valence-electron chi connectivity index (χ0n) is 16.7. The number of likely N-dealkylation sites (tertiary alicyclic amines) is 1. The van der Waals surface area contributed by atoms with Crippen molar-refractivity contribution < 1.29 is 18.7 Å². The highest BCUT2D eigenvalue weighted by Gasteiger charge is 2.32. The first kappa shape index (κ1) is 18.9. The third-order valence-electron chi connectivity index (χ3n) is 6.03. The number of piperidine rings is 1. The minimum absolute atomic E-state index is 0.0219. The second kappa shape index (κ2) is 7.95. The smallest absolute Gasteiger partial charge is 0.257 e. The van der Waals surface area contributed by atoms with Crippen LogP contribution < -0.4 is 0 Å². The molecule has 2 aromatic heterocycles. The van der Waals surface area contributed by atoms with E-state index in [4.69, 9.17) is 9.15 Å².